The molecule has 15 nitrogen and oxygen atoms in total. The zero-order valence-electron chi connectivity index (χ0n) is 43.6. The number of nitrogens with one attached hydrogen (secondary N) is 1. The Bertz CT molecular complexity index is 2000. The standard InChI is InChI=1S/C55H82NO14PSi/c1-10-37-62-54(60)56-36-35-55(70-72(7,8)9,34-33-49-45(14-5)31-32-52(58)68-49)50(69-71(61,64-38-11-2)65-39-12-3)41-48(67-53(59)42-63-46-26-16-15-17-27-46)28-20-19-24-44-25-22-29-47(40-44)66-51(57)30-21-18-23-43(6)13-4/h10-12,15-17,19-20,24,26-28,31-34,43-45,47-50H,1-3,13-14,18,21-23,25,29-30,35-42H2,4-9H3,(H,56,60)/b24-19-,28-20-,34-33+/t43-,44+,45-,47-,48-,49-,50+,55-/m0/s1. The lowest BCUT2D eigenvalue weighted by Gasteiger charge is -2.44. The van der Waals surface area contributed by atoms with Gasteiger partial charge in [-0.3, -0.25) is 18.4 Å². The topological polar surface area (TPSA) is 180 Å². The summed E-state index contributed by atoms with van der Waals surface area (Å²) in [5.74, 6) is -0.369. The van der Waals surface area contributed by atoms with E-state index in [0.29, 0.717) is 30.9 Å². The number of carbonyl (C=O) groups is 4. The molecule has 17 heteroatoms. The number of ether oxygens (including phenoxy) is 5. The number of phosphoric ester groups is 1. The van der Waals surface area contributed by atoms with Gasteiger partial charge in [-0.2, -0.15) is 0 Å². The van der Waals surface area contributed by atoms with Crippen LogP contribution in [0.4, 0.5) is 4.79 Å². The Morgan fingerprint density at radius 3 is 2.35 bits per heavy atom. The highest BCUT2D eigenvalue weighted by molar-refractivity contribution is 7.48. The Labute approximate surface area is 430 Å². The largest absolute Gasteiger partial charge is 0.482 e. The minimum atomic E-state index is -4.54. The van der Waals surface area contributed by atoms with E-state index in [1.165, 1.54) is 24.3 Å². The molecule has 0 unspecified atom stereocenters. The van der Waals surface area contributed by atoms with E-state index in [0.717, 1.165) is 44.9 Å². The fraction of sp³-hybridized carbons (Fsp3) is 0.564. The van der Waals surface area contributed by atoms with Gasteiger partial charge < -0.3 is 33.4 Å². The summed E-state index contributed by atoms with van der Waals surface area (Å²) in [5.41, 5.74) is -1.62. The van der Waals surface area contributed by atoms with Crippen molar-refractivity contribution >= 4 is 40.1 Å². The van der Waals surface area contributed by atoms with Crippen molar-refractivity contribution in [1.82, 2.24) is 5.32 Å². The molecule has 0 spiro atoms. The molecule has 1 aliphatic carbocycles. The molecule has 0 aromatic heterocycles. The Morgan fingerprint density at radius 2 is 1.68 bits per heavy atom. The molecule has 1 N–H and O–H groups in total. The van der Waals surface area contributed by atoms with Crippen molar-refractivity contribution in [1.29, 1.82) is 0 Å². The van der Waals surface area contributed by atoms with Gasteiger partial charge in [0.1, 0.15) is 42.4 Å². The minimum Gasteiger partial charge on any atom is -0.482 e. The summed E-state index contributed by atoms with van der Waals surface area (Å²) in [6.45, 7) is 22.3. The lowest BCUT2D eigenvalue weighted by Crippen LogP contribution is -2.53. The molecule has 1 aromatic rings. The number of rotatable bonds is 35. The van der Waals surface area contributed by atoms with E-state index in [1.807, 2.05) is 38.7 Å². The third-order valence-electron chi connectivity index (χ3n) is 11.9. The van der Waals surface area contributed by atoms with Crippen LogP contribution in [0.3, 0.4) is 0 Å². The number of para-hydroxylation sites is 1. The summed E-state index contributed by atoms with van der Waals surface area (Å²) in [5, 5.41) is 2.76. The van der Waals surface area contributed by atoms with Crippen molar-refractivity contribution in [3.8, 4) is 5.75 Å². The molecule has 0 saturated heterocycles. The van der Waals surface area contributed by atoms with Crippen LogP contribution in [0.1, 0.15) is 97.8 Å². The van der Waals surface area contributed by atoms with E-state index in [2.05, 4.69) is 45.0 Å². The molecule has 3 rings (SSSR count). The second kappa shape index (κ2) is 33.1. The van der Waals surface area contributed by atoms with E-state index in [-0.39, 0.29) is 63.1 Å². The van der Waals surface area contributed by atoms with Crippen molar-refractivity contribution < 1.29 is 65.4 Å². The molecule has 1 saturated carbocycles. The van der Waals surface area contributed by atoms with Crippen LogP contribution in [-0.4, -0.2) is 95.3 Å². The van der Waals surface area contributed by atoms with E-state index in [9.17, 15) is 23.7 Å². The van der Waals surface area contributed by atoms with Gasteiger partial charge in [0.15, 0.2) is 14.9 Å². The molecule has 400 valence electrons. The van der Waals surface area contributed by atoms with Crippen molar-refractivity contribution in [2.24, 2.45) is 17.8 Å². The lowest BCUT2D eigenvalue weighted by atomic mass is 9.86. The van der Waals surface area contributed by atoms with Crippen LogP contribution in [0, 0.1) is 17.8 Å². The third-order valence-corrected chi connectivity index (χ3v) is 14.4. The summed E-state index contributed by atoms with van der Waals surface area (Å²) < 4.78 is 69.0. The molecule has 8 atom stereocenters. The summed E-state index contributed by atoms with van der Waals surface area (Å²) in [6.07, 6.45) is 22.3. The van der Waals surface area contributed by atoms with Gasteiger partial charge in [0.25, 0.3) is 0 Å². The van der Waals surface area contributed by atoms with Gasteiger partial charge >= 0.3 is 31.8 Å². The van der Waals surface area contributed by atoms with Crippen LogP contribution in [0.2, 0.25) is 19.6 Å². The molecule has 1 heterocycles. The molecule has 0 bridgehead atoms. The second-order valence-corrected chi connectivity index (χ2v) is 25.1. The van der Waals surface area contributed by atoms with Gasteiger partial charge in [-0.1, -0.05) is 113 Å². The Kier molecular flexibility index (Phi) is 28.2. The van der Waals surface area contributed by atoms with Gasteiger partial charge in [0.2, 0.25) is 0 Å². The first-order chi connectivity index (χ1) is 34.5. The number of hydrogen-bond donors (Lipinski definition) is 1. The maximum absolute atomic E-state index is 14.8. The average molecular weight is 1040 g/mol. The zero-order valence-corrected chi connectivity index (χ0v) is 45.5. The zero-order chi connectivity index (χ0) is 52.8. The fourth-order valence-corrected chi connectivity index (χ4v) is 11.0. The van der Waals surface area contributed by atoms with Crippen molar-refractivity contribution in [3.63, 3.8) is 0 Å². The maximum atomic E-state index is 14.8. The number of unbranched alkanes of at least 4 members (excludes halogenated alkanes) is 1. The molecule has 2 aliphatic rings. The maximum Gasteiger partial charge on any atom is 0.475 e. The smallest absolute Gasteiger partial charge is 0.475 e. The van der Waals surface area contributed by atoms with Gasteiger partial charge in [0.05, 0.1) is 13.2 Å². The number of alkyl carbamates (subject to hydrolysis) is 1. The SMILES string of the molecule is C=CCOC(=O)NCC[C@](/C=C/[C@@H]1OC(=O)C=C[C@@H]1CC)(O[Si](C)(C)C)[C@@H](C[C@H](/C=C\C=C/[C@@H]1CCC[C@H](OC(=O)CCCC[C@@H](C)CC)C1)OC(=O)COc1ccccc1)OP(=O)(OCC=C)OCC=C. The van der Waals surface area contributed by atoms with E-state index in [4.69, 9.17) is 41.7 Å². The highest BCUT2D eigenvalue weighted by Crippen LogP contribution is 2.53. The van der Waals surface area contributed by atoms with Crippen LogP contribution in [0.15, 0.2) is 117 Å². The van der Waals surface area contributed by atoms with Gasteiger partial charge in [-0.25, -0.2) is 18.9 Å². The Balaban J connectivity index is 2.13. The highest BCUT2D eigenvalue weighted by Gasteiger charge is 2.48. The lowest BCUT2D eigenvalue weighted by molar-refractivity contribution is -0.152. The molecule has 1 fully saturated rings. The first-order valence-corrected chi connectivity index (χ1v) is 30.3. The second-order valence-electron chi connectivity index (χ2n) is 19.1. The first-order valence-electron chi connectivity index (χ1n) is 25.5. The molecule has 0 radical (unpaired) electrons. The number of hydrogen-bond acceptors (Lipinski definition) is 14. The van der Waals surface area contributed by atoms with E-state index >= 15 is 0 Å². The predicted molar refractivity (Wildman–Crippen MR) is 283 cm³/mol. The third kappa shape index (κ3) is 24.3. The Morgan fingerprint density at radius 1 is 0.958 bits per heavy atom. The van der Waals surface area contributed by atoms with Crippen LogP contribution < -0.4 is 10.1 Å². The van der Waals surface area contributed by atoms with Crippen LogP contribution >= 0.6 is 7.82 Å². The summed E-state index contributed by atoms with van der Waals surface area (Å²) in [6, 6.07) is 8.82. The molecular formula is C55H82NO14PSi. The monoisotopic (exact) mass is 1040 g/mol. The average Bonchev–Trinajstić information content (AvgIpc) is 3.35. The number of amides is 1. The van der Waals surface area contributed by atoms with Crippen molar-refractivity contribution in [2.75, 3.05) is 33.0 Å². The molecule has 72 heavy (non-hydrogen) atoms. The minimum absolute atomic E-state index is 0.0231. The summed E-state index contributed by atoms with van der Waals surface area (Å²) in [4.78, 5) is 52.1. The number of phosphoric acid groups is 1. The van der Waals surface area contributed by atoms with Crippen molar-refractivity contribution in [2.45, 2.75) is 147 Å². The van der Waals surface area contributed by atoms with Crippen molar-refractivity contribution in [3.05, 3.63) is 117 Å². The molecule has 1 amide bonds. The normalized spacial score (nSPS) is 20.5. The van der Waals surface area contributed by atoms with Crippen LogP contribution in [0.25, 0.3) is 0 Å². The van der Waals surface area contributed by atoms with Gasteiger partial charge in [-0.15, -0.1) is 13.2 Å². The number of allylic oxidation sites excluding steroid dienone is 3. The molecular weight excluding hydrogens is 958 g/mol. The fourth-order valence-electron chi connectivity index (χ4n) is 8.19. The quantitative estimate of drug-likeness (QED) is 0.0129. The molecule has 1 aromatic carbocycles. The number of benzene rings is 1. The van der Waals surface area contributed by atoms with Crippen LogP contribution in [-0.2, 0) is 55.9 Å². The van der Waals surface area contributed by atoms with Crippen LogP contribution in [0.5, 0.6) is 5.75 Å². The van der Waals surface area contributed by atoms with Gasteiger partial charge in [-0.05, 0) is 101 Å². The number of esters is 3. The number of cyclic esters (lactones) is 1. The predicted octanol–water partition coefficient (Wildman–Crippen LogP) is 12.0. The summed E-state index contributed by atoms with van der Waals surface area (Å²) in [7, 11) is -7.27. The van der Waals surface area contributed by atoms with E-state index < -0.39 is 64.7 Å². The Hall–Kier alpha value is -4.83. The summed E-state index contributed by atoms with van der Waals surface area (Å²) >= 11 is 0. The van der Waals surface area contributed by atoms with E-state index in [1.54, 1.807) is 54.6 Å². The number of carbonyl (C=O) groups excluding carboxylic acids is 4. The highest BCUT2D eigenvalue weighted by atomic mass is 31.2. The molecule has 1 aliphatic heterocycles. The van der Waals surface area contributed by atoms with Gasteiger partial charge in [0, 0.05) is 31.4 Å². The first kappa shape index (κ1) is 61.5.